The van der Waals surface area contributed by atoms with Gasteiger partial charge in [0, 0.05) is 24.8 Å². The minimum Gasteiger partial charge on any atom is -0.381 e. The van der Waals surface area contributed by atoms with E-state index in [0.717, 1.165) is 62.4 Å². The lowest BCUT2D eigenvalue weighted by Crippen LogP contribution is -2.49. The predicted molar refractivity (Wildman–Crippen MR) is 88.2 cm³/mol. The largest absolute Gasteiger partial charge is 0.381 e. The van der Waals surface area contributed by atoms with Crippen molar-refractivity contribution in [3.05, 3.63) is 34.9 Å². The van der Waals surface area contributed by atoms with Crippen LogP contribution in [0.2, 0.25) is 5.02 Å². The fraction of sp³-hybridized carbons (Fsp3) is 0.611. The van der Waals surface area contributed by atoms with Gasteiger partial charge < -0.3 is 10.1 Å². The maximum absolute atomic E-state index is 12.7. The number of rotatable bonds is 6. The number of amides is 1. The van der Waals surface area contributed by atoms with E-state index in [-0.39, 0.29) is 11.3 Å². The average Bonchev–Trinajstić information content (AvgIpc) is 2.98. The van der Waals surface area contributed by atoms with Crippen LogP contribution in [0.3, 0.4) is 0 Å². The molecule has 1 amide bonds. The molecule has 4 heteroatoms. The van der Waals surface area contributed by atoms with E-state index < -0.39 is 0 Å². The van der Waals surface area contributed by atoms with Gasteiger partial charge in [0.1, 0.15) is 0 Å². The fourth-order valence-corrected chi connectivity index (χ4v) is 3.64. The Hall–Kier alpha value is -1.06. The summed E-state index contributed by atoms with van der Waals surface area (Å²) in [6.45, 7) is 2.56. The molecule has 1 aliphatic heterocycles. The Balaban J connectivity index is 1.52. The molecule has 1 N–H and O–H groups in total. The summed E-state index contributed by atoms with van der Waals surface area (Å²) in [5.41, 5.74) is 0.783. The summed E-state index contributed by atoms with van der Waals surface area (Å²) < 4.78 is 5.39. The van der Waals surface area contributed by atoms with Gasteiger partial charge in [0.05, 0.1) is 5.41 Å². The second-order valence-electron chi connectivity index (χ2n) is 6.57. The highest BCUT2D eigenvalue weighted by Crippen LogP contribution is 2.44. The highest BCUT2D eigenvalue weighted by Gasteiger charge is 2.45. The summed E-state index contributed by atoms with van der Waals surface area (Å²) in [5, 5.41) is 3.87. The Morgan fingerprint density at radius 3 is 2.68 bits per heavy atom. The quantitative estimate of drug-likeness (QED) is 0.811. The number of hydrogen-bond acceptors (Lipinski definition) is 2. The van der Waals surface area contributed by atoms with E-state index in [4.69, 9.17) is 16.3 Å². The zero-order chi connectivity index (χ0) is 15.4. The number of carbonyl (C=O) groups excluding carboxylic acids is 1. The molecule has 1 aromatic rings. The SMILES string of the molecule is O=C(NCCC[C@H]1CCOC1)C1(c2ccc(Cl)cc2)CCC1. The number of hydrogen-bond donors (Lipinski definition) is 1. The van der Waals surface area contributed by atoms with Gasteiger partial charge in [-0.1, -0.05) is 30.2 Å². The molecule has 1 aromatic carbocycles. The average molecular weight is 322 g/mol. The van der Waals surface area contributed by atoms with Crippen LogP contribution in [0.5, 0.6) is 0 Å². The smallest absolute Gasteiger partial charge is 0.230 e. The number of ether oxygens (including phenoxy) is 1. The van der Waals surface area contributed by atoms with Gasteiger partial charge in [-0.2, -0.15) is 0 Å². The highest BCUT2D eigenvalue weighted by molar-refractivity contribution is 6.30. The monoisotopic (exact) mass is 321 g/mol. The molecule has 3 nitrogen and oxygen atoms in total. The lowest BCUT2D eigenvalue weighted by atomic mass is 9.64. The van der Waals surface area contributed by atoms with Gasteiger partial charge in [0.25, 0.3) is 0 Å². The van der Waals surface area contributed by atoms with Gasteiger partial charge in [0.2, 0.25) is 5.91 Å². The van der Waals surface area contributed by atoms with Gasteiger partial charge in [0.15, 0.2) is 0 Å². The molecule has 0 aromatic heterocycles. The van der Waals surface area contributed by atoms with Crippen molar-refractivity contribution in [1.29, 1.82) is 0 Å². The maximum atomic E-state index is 12.7. The number of carbonyl (C=O) groups is 1. The summed E-state index contributed by atoms with van der Waals surface area (Å²) in [7, 11) is 0. The summed E-state index contributed by atoms with van der Waals surface area (Å²) in [6.07, 6.45) is 6.36. The topological polar surface area (TPSA) is 38.3 Å². The number of benzene rings is 1. The molecule has 2 fully saturated rings. The molecule has 0 bridgehead atoms. The molecule has 1 heterocycles. The first-order valence-corrected chi connectivity index (χ1v) is 8.71. The van der Waals surface area contributed by atoms with E-state index in [2.05, 4.69) is 5.32 Å². The summed E-state index contributed by atoms with van der Waals surface area (Å²) in [5.74, 6) is 0.870. The standard InChI is InChI=1S/C18H24ClNO2/c19-16-6-4-15(5-7-16)18(9-2-10-18)17(21)20-11-1-3-14-8-12-22-13-14/h4-7,14H,1-3,8-13H2,(H,20,21)/t14-/m0/s1. The van der Waals surface area contributed by atoms with Crippen LogP contribution in [0.1, 0.15) is 44.1 Å². The molecule has 120 valence electrons. The minimum absolute atomic E-state index is 0.184. The Labute approximate surface area is 137 Å². The van der Waals surface area contributed by atoms with Gasteiger partial charge in [-0.15, -0.1) is 0 Å². The third-order valence-corrected chi connectivity index (χ3v) is 5.39. The van der Waals surface area contributed by atoms with E-state index in [1.54, 1.807) is 0 Å². The number of halogens is 1. The predicted octanol–water partition coefficient (Wildman–Crippen LogP) is 3.69. The highest BCUT2D eigenvalue weighted by atomic mass is 35.5. The molecule has 0 spiro atoms. The van der Waals surface area contributed by atoms with Crippen LogP contribution in [-0.4, -0.2) is 25.7 Å². The lowest BCUT2D eigenvalue weighted by Gasteiger charge is -2.40. The third kappa shape index (κ3) is 3.31. The molecule has 22 heavy (non-hydrogen) atoms. The first kappa shape index (κ1) is 15.8. The van der Waals surface area contributed by atoms with Crippen molar-refractivity contribution >= 4 is 17.5 Å². The molecule has 0 unspecified atom stereocenters. The summed E-state index contributed by atoms with van der Waals surface area (Å²) in [4.78, 5) is 12.7. The molecular formula is C18H24ClNO2. The van der Waals surface area contributed by atoms with Gasteiger partial charge in [-0.3, -0.25) is 4.79 Å². The maximum Gasteiger partial charge on any atom is 0.230 e. The molecule has 0 radical (unpaired) electrons. The molecule has 1 saturated heterocycles. The molecule has 3 rings (SSSR count). The van der Waals surface area contributed by atoms with Crippen molar-refractivity contribution in [3.63, 3.8) is 0 Å². The van der Waals surface area contributed by atoms with E-state index in [9.17, 15) is 4.79 Å². The van der Waals surface area contributed by atoms with E-state index in [1.165, 1.54) is 6.42 Å². The minimum atomic E-state index is -0.318. The molecule has 1 atom stereocenters. The van der Waals surface area contributed by atoms with Crippen LogP contribution in [0.25, 0.3) is 0 Å². The normalized spacial score (nSPS) is 23.0. The van der Waals surface area contributed by atoms with Crippen LogP contribution in [0, 0.1) is 5.92 Å². The van der Waals surface area contributed by atoms with Crippen LogP contribution in [0.4, 0.5) is 0 Å². The van der Waals surface area contributed by atoms with Crippen molar-refractivity contribution in [2.24, 2.45) is 5.92 Å². The van der Waals surface area contributed by atoms with E-state index in [0.29, 0.717) is 5.92 Å². The summed E-state index contributed by atoms with van der Waals surface area (Å²) >= 11 is 5.96. The van der Waals surface area contributed by atoms with Crippen molar-refractivity contribution < 1.29 is 9.53 Å². The van der Waals surface area contributed by atoms with Gasteiger partial charge in [-0.05, 0) is 55.7 Å². The van der Waals surface area contributed by atoms with Crippen LogP contribution in [0.15, 0.2) is 24.3 Å². The van der Waals surface area contributed by atoms with Gasteiger partial charge in [-0.25, -0.2) is 0 Å². The summed E-state index contributed by atoms with van der Waals surface area (Å²) in [6, 6.07) is 7.75. The van der Waals surface area contributed by atoms with Crippen molar-refractivity contribution in [2.75, 3.05) is 19.8 Å². The Morgan fingerprint density at radius 1 is 1.32 bits per heavy atom. The van der Waals surface area contributed by atoms with Gasteiger partial charge >= 0.3 is 0 Å². The number of nitrogens with one attached hydrogen (secondary N) is 1. The third-order valence-electron chi connectivity index (χ3n) is 5.14. The van der Waals surface area contributed by atoms with Crippen molar-refractivity contribution in [2.45, 2.75) is 43.9 Å². The Bertz CT molecular complexity index is 504. The molecule has 1 saturated carbocycles. The Kier molecular flexibility index (Phi) is 5.04. The first-order valence-electron chi connectivity index (χ1n) is 8.33. The fourth-order valence-electron chi connectivity index (χ4n) is 3.52. The second-order valence-corrected chi connectivity index (χ2v) is 7.01. The Morgan fingerprint density at radius 2 is 2.09 bits per heavy atom. The molecule has 1 aliphatic carbocycles. The lowest BCUT2D eigenvalue weighted by molar-refractivity contribution is -0.129. The van der Waals surface area contributed by atoms with Crippen LogP contribution >= 0.6 is 11.6 Å². The van der Waals surface area contributed by atoms with Crippen molar-refractivity contribution in [3.8, 4) is 0 Å². The molecular weight excluding hydrogens is 298 g/mol. The first-order chi connectivity index (χ1) is 10.7. The zero-order valence-corrected chi connectivity index (χ0v) is 13.7. The van der Waals surface area contributed by atoms with E-state index >= 15 is 0 Å². The van der Waals surface area contributed by atoms with Crippen LogP contribution in [-0.2, 0) is 14.9 Å². The van der Waals surface area contributed by atoms with Crippen molar-refractivity contribution in [1.82, 2.24) is 5.32 Å². The van der Waals surface area contributed by atoms with E-state index in [1.807, 2.05) is 24.3 Å². The second kappa shape index (κ2) is 7.01. The zero-order valence-electron chi connectivity index (χ0n) is 12.9. The van der Waals surface area contributed by atoms with Crippen LogP contribution < -0.4 is 5.32 Å². The molecule has 2 aliphatic rings.